The SMILES string of the molecule is CCc1ccc(CC(NN)C(C)CC)s1. The van der Waals surface area contributed by atoms with E-state index in [1.807, 2.05) is 11.3 Å². The number of hydrogen-bond acceptors (Lipinski definition) is 3. The topological polar surface area (TPSA) is 38.0 Å². The van der Waals surface area contributed by atoms with Crippen molar-refractivity contribution in [3.63, 3.8) is 0 Å². The third-order valence-electron chi connectivity index (χ3n) is 3.03. The van der Waals surface area contributed by atoms with Crippen molar-refractivity contribution >= 4 is 11.3 Å². The minimum Gasteiger partial charge on any atom is -0.271 e. The summed E-state index contributed by atoms with van der Waals surface area (Å²) in [6.45, 7) is 6.66. The van der Waals surface area contributed by atoms with Crippen LogP contribution >= 0.6 is 11.3 Å². The first-order valence-corrected chi connectivity index (χ1v) is 6.56. The molecule has 86 valence electrons. The van der Waals surface area contributed by atoms with Gasteiger partial charge in [-0.05, 0) is 30.9 Å². The van der Waals surface area contributed by atoms with E-state index in [1.165, 1.54) is 16.2 Å². The zero-order chi connectivity index (χ0) is 11.3. The van der Waals surface area contributed by atoms with Gasteiger partial charge in [-0.15, -0.1) is 11.3 Å². The van der Waals surface area contributed by atoms with Crippen LogP contribution in [-0.4, -0.2) is 6.04 Å². The standard InChI is InChI=1S/C12H22N2S/c1-4-9(3)12(14-13)8-11-7-6-10(5-2)15-11/h6-7,9,12,14H,4-5,8,13H2,1-3H3. The minimum absolute atomic E-state index is 0.401. The molecule has 1 aromatic rings. The molecule has 3 heteroatoms. The van der Waals surface area contributed by atoms with Gasteiger partial charge in [-0.1, -0.05) is 27.2 Å². The number of nitrogens with one attached hydrogen (secondary N) is 1. The highest BCUT2D eigenvalue weighted by Crippen LogP contribution is 2.21. The van der Waals surface area contributed by atoms with Crippen molar-refractivity contribution in [2.75, 3.05) is 0 Å². The first kappa shape index (κ1) is 12.7. The van der Waals surface area contributed by atoms with E-state index in [0.29, 0.717) is 12.0 Å². The summed E-state index contributed by atoms with van der Waals surface area (Å²) in [6.07, 6.45) is 3.35. The van der Waals surface area contributed by atoms with E-state index in [2.05, 4.69) is 38.3 Å². The molecule has 0 saturated carbocycles. The van der Waals surface area contributed by atoms with Gasteiger partial charge in [0.15, 0.2) is 0 Å². The molecule has 1 heterocycles. The first-order valence-electron chi connectivity index (χ1n) is 5.74. The molecule has 0 aliphatic carbocycles. The van der Waals surface area contributed by atoms with Crippen LogP contribution in [0, 0.1) is 5.92 Å². The minimum atomic E-state index is 0.401. The van der Waals surface area contributed by atoms with Crippen molar-refractivity contribution in [1.82, 2.24) is 5.43 Å². The maximum absolute atomic E-state index is 5.59. The number of hydrogen-bond donors (Lipinski definition) is 2. The molecule has 0 aliphatic rings. The molecule has 0 saturated heterocycles. The van der Waals surface area contributed by atoms with E-state index < -0.39 is 0 Å². The van der Waals surface area contributed by atoms with Crippen LogP contribution in [0.5, 0.6) is 0 Å². The van der Waals surface area contributed by atoms with E-state index >= 15 is 0 Å². The molecule has 3 N–H and O–H groups in total. The molecule has 0 radical (unpaired) electrons. The lowest BCUT2D eigenvalue weighted by Gasteiger charge is -2.21. The summed E-state index contributed by atoms with van der Waals surface area (Å²) < 4.78 is 0. The van der Waals surface area contributed by atoms with Gasteiger partial charge < -0.3 is 0 Å². The lowest BCUT2D eigenvalue weighted by Crippen LogP contribution is -2.41. The highest BCUT2D eigenvalue weighted by molar-refractivity contribution is 7.11. The van der Waals surface area contributed by atoms with Gasteiger partial charge in [0.2, 0.25) is 0 Å². The van der Waals surface area contributed by atoms with E-state index in [0.717, 1.165) is 12.8 Å². The fourth-order valence-electron chi connectivity index (χ4n) is 1.65. The summed E-state index contributed by atoms with van der Waals surface area (Å²) in [5.41, 5.74) is 2.94. The van der Waals surface area contributed by atoms with Gasteiger partial charge in [-0.25, -0.2) is 0 Å². The van der Waals surface area contributed by atoms with Crippen LogP contribution in [0.1, 0.15) is 36.9 Å². The Bertz CT molecular complexity index is 283. The molecular weight excluding hydrogens is 204 g/mol. The molecule has 0 spiro atoms. The van der Waals surface area contributed by atoms with Gasteiger partial charge in [-0.2, -0.15) is 0 Å². The molecule has 2 unspecified atom stereocenters. The van der Waals surface area contributed by atoms with E-state index in [4.69, 9.17) is 5.84 Å². The molecule has 0 bridgehead atoms. The number of nitrogens with two attached hydrogens (primary N) is 1. The highest BCUT2D eigenvalue weighted by atomic mass is 32.1. The normalized spacial score (nSPS) is 15.2. The molecule has 0 aromatic carbocycles. The van der Waals surface area contributed by atoms with Crippen LogP contribution in [0.25, 0.3) is 0 Å². The maximum Gasteiger partial charge on any atom is 0.0284 e. The van der Waals surface area contributed by atoms with Crippen molar-refractivity contribution in [2.24, 2.45) is 11.8 Å². The van der Waals surface area contributed by atoms with Crippen LogP contribution in [0.15, 0.2) is 12.1 Å². The number of rotatable bonds is 6. The van der Waals surface area contributed by atoms with Crippen molar-refractivity contribution < 1.29 is 0 Å². The largest absolute Gasteiger partial charge is 0.271 e. The molecule has 0 amide bonds. The van der Waals surface area contributed by atoms with Gasteiger partial charge in [0.25, 0.3) is 0 Å². The zero-order valence-corrected chi connectivity index (χ0v) is 10.7. The van der Waals surface area contributed by atoms with E-state index in [9.17, 15) is 0 Å². The Morgan fingerprint density at radius 1 is 1.33 bits per heavy atom. The van der Waals surface area contributed by atoms with Crippen LogP contribution in [-0.2, 0) is 12.8 Å². The number of hydrazine groups is 1. The Balaban J connectivity index is 2.58. The zero-order valence-electron chi connectivity index (χ0n) is 9.92. The summed E-state index contributed by atoms with van der Waals surface area (Å²) in [7, 11) is 0. The highest BCUT2D eigenvalue weighted by Gasteiger charge is 2.15. The monoisotopic (exact) mass is 226 g/mol. The van der Waals surface area contributed by atoms with Crippen LogP contribution in [0.4, 0.5) is 0 Å². The Labute approximate surface area is 96.9 Å². The molecule has 0 fully saturated rings. The molecule has 1 aromatic heterocycles. The second-order valence-corrected chi connectivity index (χ2v) is 5.34. The molecular formula is C12H22N2S. The van der Waals surface area contributed by atoms with Crippen LogP contribution < -0.4 is 11.3 Å². The van der Waals surface area contributed by atoms with Gasteiger partial charge in [0.1, 0.15) is 0 Å². The van der Waals surface area contributed by atoms with Gasteiger partial charge in [0.05, 0.1) is 0 Å². The Morgan fingerprint density at radius 2 is 2.00 bits per heavy atom. The predicted octanol–water partition coefficient (Wildman–Crippen LogP) is 2.73. The smallest absolute Gasteiger partial charge is 0.0284 e. The summed E-state index contributed by atoms with van der Waals surface area (Å²) in [5.74, 6) is 6.22. The Kier molecular flexibility index (Phi) is 5.29. The number of aryl methyl sites for hydroxylation is 1. The summed E-state index contributed by atoms with van der Waals surface area (Å²) >= 11 is 1.91. The van der Waals surface area contributed by atoms with Gasteiger partial charge in [0, 0.05) is 15.8 Å². The Morgan fingerprint density at radius 3 is 2.47 bits per heavy atom. The second kappa shape index (κ2) is 6.26. The fraction of sp³-hybridized carbons (Fsp3) is 0.667. The third kappa shape index (κ3) is 3.59. The second-order valence-electron chi connectivity index (χ2n) is 4.08. The molecule has 1 rings (SSSR count). The van der Waals surface area contributed by atoms with Crippen molar-refractivity contribution in [3.05, 3.63) is 21.9 Å². The van der Waals surface area contributed by atoms with Crippen molar-refractivity contribution in [3.8, 4) is 0 Å². The fourth-order valence-corrected chi connectivity index (χ4v) is 2.66. The Hall–Kier alpha value is -0.380. The quantitative estimate of drug-likeness (QED) is 0.578. The van der Waals surface area contributed by atoms with Crippen molar-refractivity contribution in [2.45, 2.75) is 46.1 Å². The molecule has 15 heavy (non-hydrogen) atoms. The van der Waals surface area contributed by atoms with E-state index in [1.54, 1.807) is 0 Å². The van der Waals surface area contributed by atoms with Gasteiger partial charge in [-0.3, -0.25) is 11.3 Å². The van der Waals surface area contributed by atoms with Crippen molar-refractivity contribution in [1.29, 1.82) is 0 Å². The first-order chi connectivity index (χ1) is 7.21. The lowest BCUT2D eigenvalue weighted by atomic mass is 9.96. The van der Waals surface area contributed by atoms with Crippen LogP contribution in [0.3, 0.4) is 0 Å². The maximum atomic E-state index is 5.59. The predicted molar refractivity (Wildman–Crippen MR) is 68.0 cm³/mol. The summed E-state index contributed by atoms with van der Waals surface area (Å²) in [4.78, 5) is 2.90. The van der Waals surface area contributed by atoms with E-state index in [-0.39, 0.29) is 0 Å². The number of thiophene rings is 1. The molecule has 2 nitrogen and oxygen atoms in total. The third-order valence-corrected chi connectivity index (χ3v) is 4.28. The lowest BCUT2D eigenvalue weighted by molar-refractivity contribution is 0.371. The van der Waals surface area contributed by atoms with Gasteiger partial charge >= 0.3 is 0 Å². The average Bonchev–Trinajstić information content (AvgIpc) is 2.72. The average molecular weight is 226 g/mol. The molecule has 0 aliphatic heterocycles. The van der Waals surface area contributed by atoms with Crippen LogP contribution in [0.2, 0.25) is 0 Å². The summed E-state index contributed by atoms with van der Waals surface area (Å²) in [6, 6.07) is 4.86. The summed E-state index contributed by atoms with van der Waals surface area (Å²) in [5, 5.41) is 0. The molecule has 2 atom stereocenters.